The lowest BCUT2D eigenvalue weighted by Gasteiger charge is -2.30. The van der Waals surface area contributed by atoms with Crippen molar-refractivity contribution in [2.45, 2.75) is 24.6 Å². The molecule has 1 aromatic heterocycles. The summed E-state index contributed by atoms with van der Waals surface area (Å²) >= 11 is 0. The summed E-state index contributed by atoms with van der Waals surface area (Å²) in [6.07, 6.45) is 4.17. The van der Waals surface area contributed by atoms with Gasteiger partial charge in [-0.15, -0.1) is 5.10 Å². The van der Waals surface area contributed by atoms with E-state index in [0.29, 0.717) is 13.1 Å². The Kier molecular flexibility index (Phi) is 4.34. The van der Waals surface area contributed by atoms with Crippen LogP contribution in [0.25, 0.3) is 0 Å². The van der Waals surface area contributed by atoms with E-state index in [-0.39, 0.29) is 6.04 Å². The van der Waals surface area contributed by atoms with Crippen LogP contribution in [0.4, 0.5) is 0 Å². The van der Waals surface area contributed by atoms with E-state index >= 15 is 0 Å². The molecule has 4 rings (SSSR count). The monoisotopic (exact) mass is 334 g/mol. The Bertz CT molecular complexity index is 752. The largest absolute Gasteiger partial charge is 0.387 e. The number of rotatable bonds is 5. The average Bonchev–Trinajstić information content (AvgIpc) is 3.27. The molecule has 1 unspecified atom stereocenters. The second-order valence-corrected chi connectivity index (χ2v) is 6.77. The van der Waals surface area contributed by atoms with Crippen molar-refractivity contribution in [2.24, 2.45) is 0 Å². The van der Waals surface area contributed by atoms with Crippen LogP contribution < -0.4 is 0 Å². The zero-order valence-electron chi connectivity index (χ0n) is 14.1. The van der Waals surface area contributed by atoms with E-state index in [1.807, 2.05) is 12.1 Å². The summed E-state index contributed by atoms with van der Waals surface area (Å²) in [5.41, 5.74) is 1.72. The van der Waals surface area contributed by atoms with Crippen LogP contribution in [0.15, 0.2) is 73.1 Å². The molecule has 1 atom stereocenters. The molecular weight excluding hydrogens is 312 g/mol. The second kappa shape index (κ2) is 6.78. The van der Waals surface area contributed by atoms with Crippen LogP contribution >= 0.6 is 0 Å². The van der Waals surface area contributed by atoms with Gasteiger partial charge in [0.15, 0.2) is 0 Å². The quantitative estimate of drug-likeness (QED) is 0.779. The van der Waals surface area contributed by atoms with Crippen LogP contribution in [0, 0.1) is 0 Å². The van der Waals surface area contributed by atoms with Crippen LogP contribution in [0.3, 0.4) is 0 Å². The Hall–Kier alpha value is -2.50. The van der Waals surface area contributed by atoms with E-state index in [1.54, 1.807) is 17.1 Å². The molecule has 1 fully saturated rings. The first kappa shape index (κ1) is 16.0. The Balaban J connectivity index is 1.60. The highest BCUT2D eigenvalue weighted by molar-refractivity contribution is 5.32. The van der Waals surface area contributed by atoms with Crippen LogP contribution in [-0.2, 0) is 6.54 Å². The van der Waals surface area contributed by atoms with E-state index in [9.17, 15) is 5.11 Å². The molecule has 2 heterocycles. The Morgan fingerprint density at radius 3 is 2.20 bits per heavy atom. The third-order valence-electron chi connectivity index (χ3n) is 4.89. The lowest BCUT2D eigenvalue weighted by Crippen LogP contribution is -2.39. The molecule has 3 aromatic rings. The lowest BCUT2D eigenvalue weighted by atomic mass is 9.97. The van der Waals surface area contributed by atoms with E-state index in [2.05, 4.69) is 63.7 Å². The molecule has 5 heteroatoms. The van der Waals surface area contributed by atoms with Crippen molar-refractivity contribution >= 4 is 0 Å². The summed E-state index contributed by atoms with van der Waals surface area (Å²) in [4.78, 5) is 2.36. The van der Waals surface area contributed by atoms with Crippen molar-refractivity contribution in [1.82, 2.24) is 19.9 Å². The van der Waals surface area contributed by atoms with Gasteiger partial charge in [0.1, 0.15) is 0 Å². The minimum atomic E-state index is -0.782. The number of hydrogen-bond donors (Lipinski definition) is 1. The standard InChI is InChI=1S/C20H22N4O/c25-20(16-24-14-12-21-22-24)11-13-23(15-20)19(17-7-3-1-4-8-17)18-9-5-2-6-10-18/h1-10,12,14,19,25H,11,13,15-16H2. The highest BCUT2D eigenvalue weighted by Crippen LogP contribution is 2.35. The lowest BCUT2D eigenvalue weighted by molar-refractivity contribution is 0.0252. The van der Waals surface area contributed by atoms with Crippen molar-refractivity contribution in [1.29, 1.82) is 0 Å². The molecule has 25 heavy (non-hydrogen) atoms. The minimum Gasteiger partial charge on any atom is -0.387 e. The molecule has 2 aromatic carbocycles. The SMILES string of the molecule is OC1(Cn2ccnn2)CCN(C(c2ccccc2)c2ccccc2)C1. The third kappa shape index (κ3) is 3.48. The van der Waals surface area contributed by atoms with E-state index in [1.165, 1.54) is 11.1 Å². The topological polar surface area (TPSA) is 54.2 Å². The number of aliphatic hydroxyl groups is 1. The van der Waals surface area contributed by atoms with Gasteiger partial charge in [0, 0.05) is 19.3 Å². The van der Waals surface area contributed by atoms with Gasteiger partial charge in [0.25, 0.3) is 0 Å². The number of nitrogens with zero attached hydrogens (tertiary/aromatic N) is 4. The maximum Gasteiger partial charge on any atom is 0.0981 e. The Morgan fingerprint density at radius 1 is 1.00 bits per heavy atom. The zero-order valence-corrected chi connectivity index (χ0v) is 14.1. The van der Waals surface area contributed by atoms with Crippen molar-refractivity contribution in [3.8, 4) is 0 Å². The maximum absolute atomic E-state index is 11.0. The summed E-state index contributed by atoms with van der Waals surface area (Å²) in [6.45, 7) is 1.93. The van der Waals surface area contributed by atoms with Gasteiger partial charge in [-0.25, -0.2) is 4.68 Å². The molecule has 0 radical (unpaired) electrons. The molecule has 1 aliphatic heterocycles. The summed E-state index contributed by atoms with van der Waals surface area (Å²) in [7, 11) is 0. The molecule has 0 saturated carbocycles. The van der Waals surface area contributed by atoms with Gasteiger partial charge in [0.2, 0.25) is 0 Å². The van der Waals surface area contributed by atoms with Gasteiger partial charge in [-0.2, -0.15) is 0 Å². The van der Waals surface area contributed by atoms with Gasteiger partial charge in [-0.1, -0.05) is 65.9 Å². The number of benzene rings is 2. The normalized spacial score (nSPS) is 21.0. The maximum atomic E-state index is 11.0. The van der Waals surface area contributed by atoms with Crippen molar-refractivity contribution < 1.29 is 5.11 Å². The Morgan fingerprint density at radius 2 is 1.64 bits per heavy atom. The number of hydrogen-bond acceptors (Lipinski definition) is 4. The van der Waals surface area contributed by atoms with Crippen LogP contribution in [0.2, 0.25) is 0 Å². The van der Waals surface area contributed by atoms with Crippen molar-refractivity contribution in [3.05, 3.63) is 84.2 Å². The fourth-order valence-corrected chi connectivity index (χ4v) is 3.74. The van der Waals surface area contributed by atoms with E-state index in [4.69, 9.17) is 0 Å². The van der Waals surface area contributed by atoms with E-state index < -0.39 is 5.60 Å². The zero-order chi connectivity index (χ0) is 17.1. The molecule has 1 N–H and O–H groups in total. The first-order valence-electron chi connectivity index (χ1n) is 8.64. The summed E-state index contributed by atoms with van der Waals surface area (Å²) < 4.78 is 1.71. The van der Waals surface area contributed by atoms with Gasteiger partial charge in [-0.05, 0) is 17.5 Å². The molecule has 0 aliphatic carbocycles. The van der Waals surface area contributed by atoms with Crippen molar-refractivity contribution in [3.63, 3.8) is 0 Å². The third-order valence-corrected chi connectivity index (χ3v) is 4.89. The van der Waals surface area contributed by atoms with Gasteiger partial charge in [-0.3, -0.25) is 4.90 Å². The molecule has 128 valence electrons. The highest BCUT2D eigenvalue weighted by Gasteiger charge is 2.40. The summed E-state index contributed by atoms with van der Waals surface area (Å²) in [6, 6.07) is 21.1. The Labute approximate surface area is 147 Å². The molecule has 1 saturated heterocycles. The van der Waals surface area contributed by atoms with Gasteiger partial charge < -0.3 is 5.11 Å². The van der Waals surface area contributed by atoms with Gasteiger partial charge >= 0.3 is 0 Å². The molecule has 0 amide bonds. The predicted molar refractivity (Wildman–Crippen MR) is 95.9 cm³/mol. The van der Waals surface area contributed by atoms with Crippen molar-refractivity contribution in [2.75, 3.05) is 13.1 Å². The second-order valence-electron chi connectivity index (χ2n) is 6.77. The summed E-state index contributed by atoms with van der Waals surface area (Å²) in [5.74, 6) is 0. The van der Waals surface area contributed by atoms with Crippen LogP contribution in [0.5, 0.6) is 0 Å². The number of β-amino-alcohol motifs (C(OH)–C–C–N with tert-alkyl or cyclic N) is 1. The first-order valence-corrected chi connectivity index (χ1v) is 8.64. The fraction of sp³-hybridized carbons (Fsp3) is 0.300. The first-order chi connectivity index (χ1) is 12.2. The van der Waals surface area contributed by atoms with Gasteiger partial charge in [0.05, 0.1) is 24.4 Å². The molecule has 0 spiro atoms. The van der Waals surface area contributed by atoms with E-state index in [0.717, 1.165) is 13.0 Å². The minimum absolute atomic E-state index is 0.146. The van der Waals surface area contributed by atoms with Crippen LogP contribution in [0.1, 0.15) is 23.6 Å². The molecule has 0 bridgehead atoms. The number of aromatic nitrogens is 3. The predicted octanol–water partition coefficient (Wildman–Crippen LogP) is 2.50. The molecule has 1 aliphatic rings. The number of likely N-dealkylation sites (tertiary alicyclic amines) is 1. The molecule has 5 nitrogen and oxygen atoms in total. The molecular formula is C20H22N4O. The van der Waals surface area contributed by atoms with Crippen LogP contribution in [-0.4, -0.2) is 43.7 Å². The average molecular weight is 334 g/mol. The smallest absolute Gasteiger partial charge is 0.0981 e. The highest BCUT2D eigenvalue weighted by atomic mass is 16.3. The fourth-order valence-electron chi connectivity index (χ4n) is 3.74. The summed E-state index contributed by atoms with van der Waals surface area (Å²) in [5, 5.41) is 18.9.